The molecule has 0 bridgehead atoms. The molecule has 1 aliphatic heterocycles. The first-order valence-corrected chi connectivity index (χ1v) is 7.03. The lowest BCUT2D eigenvalue weighted by molar-refractivity contribution is -0.137. The van der Waals surface area contributed by atoms with Gasteiger partial charge in [0, 0.05) is 30.8 Å². The maximum absolute atomic E-state index is 10.6. The summed E-state index contributed by atoms with van der Waals surface area (Å²) in [5.74, 6) is 0.893. The van der Waals surface area contributed by atoms with Crippen LogP contribution >= 0.6 is 0 Å². The molecule has 1 saturated heterocycles. The number of anilines is 1. The SMILES string of the molecule is O=C(O)CCC1CCN(c2ncnc3c2CCC3)C1. The van der Waals surface area contributed by atoms with Crippen molar-refractivity contribution in [3.8, 4) is 0 Å². The number of nitrogens with zero attached hydrogens (tertiary/aromatic N) is 3. The van der Waals surface area contributed by atoms with Crippen LogP contribution in [0.2, 0.25) is 0 Å². The molecule has 1 aromatic heterocycles. The highest BCUT2D eigenvalue weighted by molar-refractivity contribution is 5.66. The average molecular weight is 261 g/mol. The number of aryl methyl sites for hydroxylation is 1. The summed E-state index contributed by atoms with van der Waals surface area (Å²) in [4.78, 5) is 21.8. The Balaban J connectivity index is 1.68. The Labute approximate surface area is 112 Å². The molecular formula is C14H19N3O2. The maximum atomic E-state index is 10.6. The molecule has 1 N–H and O–H groups in total. The van der Waals surface area contributed by atoms with E-state index in [0.29, 0.717) is 5.92 Å². The Bertz CT molecular complexity index is 490. The van der Waals surface area contributed by atoms with Crippen LogP contribution in [0.1, 0.15) is 36.9 Å². The van der Waals surface area contributed by atoms with Crippen LogP contribution in [0.15, 0.2) is 6.33 Å². The summed E-state index contributed by atoms with van der Waals surface area (Å²) in [6.45, 7) is 1.93. The number of rotatable bonds is 4. The molecule has 0 radical (unpaired) electrons. The predicted molar refractivity (Wildman–Crippen MR) is 71.2 cm³/mol. The van der Waals surface area contributed by atoms with E-state index in [1.54, 1.807) is 6.33 Å². The Kier molecular flexibility index (Phi) is 3.36. The monoisotopic (exact) mass is 261 g/mol. The molecular weight excluding hydrogens is 242 g/mol. The molecule has 0 spiro atoms. The summed E-state index contributed by atoms with van der Waals surface area (Å²) < 4.78 is 0. The van der Waals surface area contributed by atoms with Crippen LogP contribution < -0.4 is 4.90 Å². The van der Waals surface area contributed by atoms with E-state index in [1.807, 2.05) is 0 Å². The lowest BCUT2D eigenvalue weighted by Gasteiger charge is -2.20. The number of hydrogen-bond donors (Lipinski definition) is 1. The second-order valence-corrected chi connectivity index (χ2v) is 5.51. The van der Waals surface area contributed by atoms with Crippen molar-refractivity contribution in [2.75, 3.05) is 18.0 Å². The van der Waals surface area contributed by atoms with E-state index in [-0.39, 0.29) is 6.42 Å². The summed E-state index contributed by atoms with van der Waals surface area (Å²) in [6.07, 6.45) is 7.13. The van der Waals surface area contributed by atoms with E-state index in [4.69, 9.17) is 5.11 Å². The van der Waals surface area contributed by atoms with Crippen molar-refractivity contribution in [2.45, 2.75) is 38.5 Å². The van der Waals surface area contributed by atoms with Gasteiger partial charge in [0.25, 0.3) is 0 Å². The molecule has 1 atom stereocenters. The minimum Gasteiger partial charge on any atom is -0.481 e. The van der Waals surface area contributed by atoms with E-state index in [2.05, 4.69) is 14.9 Å². The summed E-state index contributed by atoms with van der Waals surface area (Å²) in [5, 5.41) is 8.75. The fourth-order valence-electron chi connectivity index (χ4n) is 3.20. The van der Waals surface area contributed by atoms with Gasteiger partial charge in [-0.3, -0.25) is 4.79 Å². The lowest BCUT2D eigenvalue weighted by atomic mass is 10.0. The fourth-order valence-corrected chi connectivity index (χ4v) is 3.20. The topological polar surface area (TPSA) is 66.3 Å². The van der Waals surface area contributed by atoms with Crippen molar-refractivity contribution in [1.82, 2.24) is 9.97 Å². The molecule has 1 aliphatic carbocycles. The van der Waals surface area contributed by atoms with Gasteiger partial charge in [0.15, 0.2) is 0 Å². The Morgan fingerprint density at radius 3 is 3.16 bits per heavy atom. The van der Waals surface area contributed by atoms with Crippen molar-refractivity contribution >= 4 is 11.8 Å². The van der Waals surface area contributed by atoms with Crippen LogP contribution in [0, 0.1) is 5.92 Å². The van der Waals surface area contributed by atoms with Gasteiger partial charge >= 0.3 is 5.97 Å². The van der Waals surface area contributed by atoms with Gasteiger partial charge in [0.1, 0.15) is 12.1 Å². The number of carbonyl (C=O) groups is 1. The highest BCUT2D eigenvalue weighted by Gasteiger charge is 2.27. The Morgan fingerprint density at radius 2 is 2.32 bits per heavy atom. The molecule has 1 unspecified atom stereocenters. The van der Waals surface area contributed by atoms with Gasteiger partial charge in [-0.15, -0.1) is 0 Å². The fraction of sp³-hybridized carbons (Fsp3) is 0.643. The van der Waals surface area contributed by atoms with E-state index in [9.17, 15) is 4.79 Å². The second-order valence-electron chi connectivity index (χ2n) is 5.51. The summed E-state index contributed by atoms with van der Waals surface area (Å²) in [7, 11) is 0. The Morgan fingerprint density at radius 1 is 1.42 bits per heavy atom. The van der Waals surface area contributed by atoms with Crippen LogP contribution in [0.4, 0.5) is 5.82 Å². The normalized spacial score (nSPS) is 21.7. The quantitative estimate of drug-likeness (QED) is 0.892. The Hall–Kier alpha value is -1.65. The van der Waals surface area contributed by atoms with Crippen molar-refractivity contribution < 1.29 is 9.90 Å². The van der Waals surface area contributed by atoms with Crippen molar-refractivity contribution in [3.05, 3.63) is 17.6 Å². The molecule has 2 heterocycles. The van der Waals surface area contributed by atoms with Gasteiger partial charge in [0.2, 0.25) is 0 Å². The standard InChI is InChI=1S/C14H19N3O2/c18-13(19)5-4-10-6-7-17(8-10)14-11-2-1-3-12(11)15-9-16-14/h9-10H,1-8H2,(H,18,19). The first kappa shape index (κ1) is 12.4. The van der Waals surface area contributed by atoms with Crippen LogP contribution in [0.5, 0.6) is 0 Å². The van der Waals surface area contributed by atoms with Gasteiger partial charge in [-0.25, -0.2) is 9.97 Å². The zero-order valence-corrected chi connectivity index (χ0v) is 11.0. The second kappa shape index (κ2) is 5.15. The predicted octanol–water partition coefficient (Wildman–Crippen LogP) is 1.66. The van der Waals surface area contributed by atoms with Gasteiger partial charge < -0.3 is 10.0 Å². The van der Waals surface area contributed by atoms with Crippen LogP contribution in [-0.4, -0.2) is 34.1 Å². The first-order valence-electron chi connectivity index (χ1n) is 7.03. The minimum absolute atomic E-state index is 0.278. The summed E-state index contributed by atoms with van der Waals surface area (Å²) >= 11 is 0. The third-order valence-electron chi connectivity index (χ3n) is 4.20. The van der Waals surface area contributed by atoms with Crippen LogP contribution in [0.25, 0.3) is 0 Å². The van der Waals surface area contributed by atoms with E-state index in [0.717, 1.165) is 44.6 Å². The zero-order chi connectivity index (χ0) is 13.2. The zero-order valence-electron chi connectivity index (χ0n) is 11.0. The van der Waals surface area contributed by atoms with Crippen LogP contribution in [0.3, 0.4) is 0 Å². The molecule has 1 aromatic rings. The van der Waals surface area contributed by atoms with Crippen molar-refractivity contribution in [1.29, 1.82) is 0 Å². The summed E-state index contributed by atoms with van der Waals surface area (Å²) in [6, 6.07) is 0. The maximum Gasteiger partial charge on any atom is 0.303 e. The molecule has 19 heavy (non-hydrogen) atoms. The third-order valence-corrected chi connectivity index (χ3v) is 4.20. The number of aromatic nitrogens is 2. The van der Waals surface area contributed by atoms with Crippen molar-refractivity contribution in [2.24, 2.45) is 5.92 Å². The summed E-state index contributed by atoms with van der Waals surface area (Å²) in [5.41, 5.74) is 2.53. The molecule has 2 aliphatic rings. The highest BCUT2D eigenvalue weighted by Crippen LogP contribution is 2.32. The lowest BCUT2D eigenvalue weighted by Crippen LogP contribution is -2.22. The molecule has 1 fully saturated rings. The molecule has 102 valence electrons. The number of fused-ring (bicyclic) bond motifs is 1. The van der Waals surface area contributed by atoms with E-state index in [1.165, 1.54) is 17.7 Å². The van der Waals surface area contributed by atoms with Crippen LogP contribution in [-0.2, 0) is 17.6 Å². The number of carboxylic acids is 1. The highest BCUT2D eigenvalue weighted by atomic mass is 16.4. The molecule has 3 rings (SSSR count). The molecule has 0 saturated carbocycles. The molecule has 5 nitrogen and oxygen atoms in total. The van der Waals surface area contributed by atoms with Gasteiger partial charge in [0.05, 0.1) is 0 Å². The van der Waals surface area contributed by atoms with Gasteiger partial charge in [-0.05, 0) is 38.0 Å². The third kappa shape index (κ3) is 2.55. The number of aliphatic carboxylic acids is 1. The number of carboxylic acid groups (broad SMARTS) is 1. The van der Waals surface area contributed by atoms with E-state index >= 15 is 0 Å². The van der Waals surface area contributed by atoms with Crippen molar-refractivity contribution in [3.63, 3.8) is 0 Å². The first-order chi connectivity index (χ1) is 9.24. The molecule has 5 heteroatoms. The van der Waals surface area contributed by atoms with Gasteiger partial charge in [-0.2, -0.15) is 0 Å². The van der Waals surface area contributed by atoms with Gasteiger partial charge in [-0.1, -0.05) is 0 Å². The minimum atomic E-state index is -0.693. The largest absolute Gasteiger partial charge is 0.481 e. The van der Waals surface area contributed by atoms with E-state index < -0.39 is 5.97 Å². The average Bonchev–Trinajstić information content (AvgIpc) is 3.04. The molecule has 0 aromatic carbocycles. The number of hydrogen-bond acceptors (Lipinski definition) is 4. The smallest absolute Gasteiger partial charge is 0.303 e. The molecule has 0 amide bonds.